The lowest BCUT2D eigenvalue weighted by Crippen LogP contribution is -2.27. The second-order valence-corrected chi connectivity index (χ2v) is 8.12. The Morgan fingerprint density at radius 3 is 2.69 bits per heavy atom. The summed E-state index contributed by atoms with van der Waals surface area (Å²) in [5, 5.41) is 3.87. The number of aryl methyl sites for hydroxylation is 1. The van der Waals surface area contributed by atoms with Gasteiger partial charge in [0.2, 0.25) is 5.91 Å². The molecule has 0 spiro atoms. The average molecular weight is 371 g/mol. The summed E-state index contributed by atoms with van der Waals surface area (Å²) >= 11 is 0. The van der Waals surface area contributed by atoms with Crippen LogP contribution in [0.3, 0.4) is 0 Å². The van der Waals surface area contributed by atoms with Gasteiger partial charge in [0.15, 0.2) is 9.84 Å². The molecule has 0 atom stereocenters. The summed E-state index contributed by atoms with van der Waals surface area (Å²) in [6.45, 7) is 1.24. The fourth-order valence-corrected chi connectivity index (χ4v) is 4.00. The molecule has 2 aromatic heterocycles. The summed E-state index contributed by atoms with van der Waals surface area (Å²) in [4.78, 5) is 16.5. The number of sulfone groups is 1. The van der Waals surface area contributed by atoms with Crippen LogP contribution in [0, 0.1) is 0 Å². The van der Waals surface area contributed by atoms with Crippen molar-refractivity contribution < 1.29 is 13.2 Å². The van der Waals surface area contributed by atoms with Crippen LogP contribution in [0.5, 0.6) is 0 Å². The van der Waals surface area contributed by atoms with Gasteiger partial charge in [-0.2, -0.15) is 0 Å². The van der Waals surface area contributed by atoms with Gasteiger partial charge in [-0.15, -0.1) is 0 Å². The molecule has 0 aliphatic carbocycles. The molecule has 6 nitrogen and oxygen atoms in total. The van der Waals surface area contributed by atoms with E-state index < -0.39 is 9.84 Å². The molecule has 1 N–H and O–H groups in total. The Kier molecular flexibility index (Phi) is 5.68. The molecule has 26 heavy (non-hydrogen) atoms. The molecule has 136 valence electrons. The van der Waals surface area contributed by atoms with Gasteiger partial charge >= 0.3 is 0 Å². The molecule has 1 aromatic carbocycles. The first-order valence-electron chi connectivity index (χ1n) is 8.51. The molecular weight excluding hydrogens is 350 g/mol. The third-order valence-corrected chi connectivity index (χ3v) is 5.85. The number of aromatic nitrogens is 2. The molecular formula is C19H21N3O3S. The number of nitrogens with zero attached hydrogens (tertiary/aromatic N) is 2. The molecule has 0 radical (unpaired) electrons. The largest absolute Gasteiger partial charge is 0.356 e. The van der Waals surface area contributed by atoms with Crippen molar-refractivity contribution in [2.45, 2.75) is 24.3 Å². The van der Waals surface area contributed by atoms with Crippen molar-refractivity contribution in [2.24, 2.45) is 0 Å². The van der Waals surface area contributed by atoms with E-state index in [1.54, 1.807) is 36.5 Å². The van der Waals surface area contributed by atoms with Crippen molar-refractivity contribution in [1.29, 1.82) is 0 Å². The van der Waals surface area contributed by atoms with E-state index in [0.717, 1.165) is 24.0 Å². The monoisotopic (exact) mass is 371 g/mol. The Morgan fingerprint density at radius 2 is 1.88 bits per heavy atom. The Bertz CT molecular complexity index is 981. The van der Waals surface area contributed by atoms with Gasteiger partial charge in [0.1, 0.15) is 5.65 Å². The SMILES string of the molecule is O=C(CCS(=O)(=O)c1ccccc1)NCCCn1ccc2cccnc21. The highest BCUT2D eigenvalue weighted by molar-refractivity contribution is 7.91. The van der Waals surface area contributed by atoms with Crippen LogP contribution < -0.4 is 5.32 Å². The van der Waals surface area contributed by atoms with Gasteiger partial charge < -0.3 is 9.88 Å². The molecule has 7 heteroatoms. The van der Waals surface area contributed by atoms with Gasteiger partial charge in [-0.1, -0.05) is 18.2 Å². The van der Waals surface area contributed by atoms with Crippen LogP contribution >= 0.6 is 0 Å². The third kappa shape index (κ3) is 4.49. The normalized spacial score (nSPS) is 11.5. The second kappa shape index (κ2) is 8.14. The predicted molar refractivity (Wildman–Crippen MR) is 100 cm³/mol. The Balaban J connectivity index is 1.42. The number of fused-ring (bicyclic) bond motifs is 1. The van der Waals surface area contributed by atoms with E-state index in [1.165, 1.54) is 0 Å². The molecule has 0 unspecified atom stereocenters. The van der Waals surface area contributed by atoms with Crippen LogP contribution in [-0.4, -0.2) is 36.2 Å². The van der Waals surface area contributed by atoms with Crippen molar-refractivity contribution >= 4 is 26.8 Å². The lowest BCUT2D eigenvalue weighted by molar-refractivity contribution is -0.120. The number of carbonyl (C=O) groups excluding carboxylic acids is 1. The maximum atomic E-state index is 12.2. The van der Waals surface area contributed by atoms with Gasteiger partial charge in [0.25, 0.3) is 0 Å². The van der Waals surface area contributed by atoms with E-state index in [-0.39, 0.29) is 23.0 Å². The fourth-order valence-electron chi connectivity index (χ4n) is 2.74. The Morgan fingerprint density at radius 1 is 1.08 bits per heavy atom. The number of carbonyl (C=O) groups is 1. The minimum atomic E-state index is -3.42. The van der Waals surface area contributed by atoms with E-state index in [1.807, 2.05) is 29.0 Å². The number of hydrogen-bond donors (Lipinski definition) is 1. The molecule has 0 saturated carbocycles. The zero-order valence-corrected chi connectivity index (χ0v) is 15.2. The summed E-state index contributed by atoms with van der Waals surface area (Å²) in [7, 11) is -3.42. The first-order chi connectivity index (χ1) is 12.6. The van der Waals surface area contributed by atoms with Crippen molar-refractivity contribution in [3.63, 3.8) is 0 Å². The van der Waals surface area contributed by atoms with Crippen molar-refractivity contribution in [3.05, 3.63) is 60.9 Å². The second-order valence-electron chi connectivity index (χ2n) is 6.01. The molecule has 0 saturated heterocycles. The highest BCUT2D eigenvalue weighted by Crippen LogP contribution is 2.13. The average Bonchev–Trinajstić information content (AvgIpc) is 3.08. The van der Waals surface area contributed by atoms with Crippen LogP contribution in [0.4, 0.5) is 0 Å². The van der Waals surface area contributed by atoms with Crippen molar-refractivity contribution in [2.75, 3.05) is 12.3 Å². The zero-order chi connectivity index (χ0) is 18.4. The quantitative estimate of drug-likeness (QED) is 0.617. The first kappa shape index (κ1) is 18.1. The smallest absolute Gasteiger partial charge is 0.221 e. The van der Waals surface area contributed by atoms with E-state index in [2.05, 4.69) is 10.3 Å². The summed E-state index contributed by atoms with van der Waals surface area (Å²) in [6, 6.07) is 14.1. The third-order valence-electron chi connectivity index (χ3n) is 4.12. The van der Waals surface area contributed by atoms with Crippen LogP contribution in [0.25, 0.3) is 11.0 Å². The standard InChI is InChI=1S/C19H21N3O3S/c23-18(10-15-26(24,25)17-7-2-1-3-8-17)20-12-5-13-22-14-9-16-6-4-11-21-19(16)22/h1-4,6-9,11,14H,5,10,12-13,15H2,(H,20,23). The molecule has 0 bridgehead atoms. The van der Waals surface area contributed by atoms with Gasteiger partial charge in [-0.3, -0.25) is 4.79 Å². The molecule has 3 rings (SSSR count). The Labute approximate surface area is 152 Å². The van der Waals surface area contributed by atoms with E-state index in [0.29, 0.717) is 6.54 Å². The van der Waals surface area contributed by atoms with Gasteiger partial charge in [-0.25, -0.2) is 13.4 Å². The summed E-state index contributed by atoms with van der Waals surface area (Å²) in [5.74, 6) is -0.436. The maximum absolute atomic E-state index is 12.2. The number of pyridine rings is 1. The number of nitrogens with one attached hydrogen (secondary N) is 1. The first-order valence-corrected chi connectivity index (χ1v) is 10.2. The summed E-state index contributed by atoms with van der Waals surface area (Å²) in [6.07, 6.45) is 4.45. The Hall–Kier alpha value is -2.67. The summed E-state index contributed by atoms with van der Waals surface area (Å²) in [5.41, 5.74) is 0.924. The predicted octanol–water partition coefficient (Wildman–Crippen LogP) is 2.41. The molecule has 1 amide bonds. The van der Waals surface area contributed by atoms with Gasteiger partial charge in [0, 0.05) is 37.3 Å². The molecule has 2 heterocycles. The molecule has 3 aromatic rings. The van der Waals surface area contributed by atoms with Gasteiger partial charge in [0.05, 0.1) is 10.6 Å². The minimum Gasteiger partial charge on any atom is -0.356 e. The molecule has 0 fully saturated rings. The number of benzene rings is 1. The van der Waals surface area contributed by atoms with Crippen LogP contribution in [0.1, 0.15) is 12.8 Å². The summed E-state index contributed by atoms with van der Waals surface area (Å²) < 4.78 is 26.4. The molecule has 0 aliphatic heterocycles. The number of rotatable bonds is 8. The van der Waals surface area contributed by atoms with Crippen LogP contribution in [0.2, 0.25) is 0 Å². The van der Waals surface area contributed by atoms with E-state index >= 15 is 0 Å². The van der Waals surface area contributed by atoms with Gasteiger partial charge in [-0.05, 0) is 36.8 Å². The topological polar surface area (TPSA) is 81.1 Å². The van der Waals surface area contributed by atoms with Crippen molar-refractivity contribution in [1.82, 2.24) is 14.9 Å². The highest BCUT2D eigenvalue weighted by Gasteiger charge is 2.15. The van der Waals surface area contributed by atoms with Crippen LogP contribution in [0.15, 0.2) is 65.8 Å². The number of amides is 1. The van der Waals surface area contributed by atoms with E-state index in [9.17, 15) is 13.2 Å². The zero-order valence-electron chi connectivity index (χ0n) is 14.3. The maximum Gasteiger partial charge on any atom is 0.221 e. The van der Waals surface area contributed by atoms with Crippen molar-refractivity contribution in [3.8, 4) is 0 Å². The lowest BCUT2D eigenvalue weighted by atomic mass is 10.3. The van der Waals surface area contributed by atoms with Crippen LogP contribution in [-0.2, 0) is 21.2 Å². The molecule has 0 aliphatic rings. The fraction of sp³-hybridized carbons (Fsp3) is 0.263. The lowest BCUT2D eigenvalue weighted by Gasteiger charge is -2.07. The minimum absolute atomic E-state index is 0.0365. The number of hydrogen-bond acceptors (Lipinski definition) is 4. The van der Waals surface area contributed by atoms with E-state index in [4.69, 9.17) is 0 Å². The highest BCUT2D eigenvalue weighted by atomic mass is 32.2.